The molecule has 13 heavy (non-hydrogen) atoms. The molecule has 4 aliphatic rings. The van der Waals surface area contributed by atoms with E-state index in [1.165, 1.54) is 12.8 Å². The smallest absolute Gasteiger partial charge is 0.150 e. The normalized spacial score (nSPS) is 50.8. The minimum Gasteiger partial charge on any atom is -0.229 e. The Labute approximate surface area is 78.9 Å². The Hall–Kier alpha value is -0.310. The lowest BCUT2D eigenvalue weighted by molar-refractivity contribution is 0.169. The molecule has 0 aromatic rings. The predicted molar refractivity (Wildman–Crippen MR) is 51.0 cm³/mol. The Morgan fingerprint density at radius 2 is 1.38 bits per heavy atom. The summed E-state index contributed by atoms with van der Waals surface area (Å²) in [5.74, 6) is 3.01. The molecular formula is C10H14O2S. The number of hydrogen-bond donors (Lipinski definition) is 0. The van der Waals surface area contributed by atoms with Crippen molar-refractivity contribution >= 4 is 9.84 Å². The first kappa shape index (κ1) is 8.04. The molecular weight excluding hydrogens is 184 g/mol. The molecule has 1 aliphatic heterocycles. The van der Waals surface area contributed by atoms with E-state index in [4.69, 9.17) is 0 Å². The zero-order valence-corrected chi connectivity index (χ0v) is 8.33. The fraction of sp³-hybridized carbons (Fsp3) is 0.800. The number of rotatable bonds is 0. The molecule has 1 saturated heterocycles. The number of sulfone groups is 1. The van der Waals surface area contributed by atoms with Gasteiger partial charge in [-0.25, -0.2) is 8.42 Å². The van der Waals surface area contributed by atoms with Crippen molar-refractivity contribution in [2.45, 2.75) is 12.8 Å². The third-order valence-electron chi connectivity index (χ3n) is 3.98. The van der Waals surface area contributed by atoms with Crippen LogP contribution in [0, 0.1) is 23.7 Å². The van der Waals surface area contributed by atoms with Crippen LogP contribution in [0.1, 0.15) is 12.8 Å². The monoisotopic (exact) mass is 198 g/mol. The maximum atomic E-state index is 11.5. The Balaban J connectivity index is 2.01. The van der Waals surface area contributed by atoms with E-state index in [-0.39, 0.29) is 0 Å². The summed E-state index contributed by atoms with van der Waals surface area (Å²) in [6.07, 6.45) is 6.96. The summed E-state index contributed by atoms with van der Waals surface area (Å²) in [6.45, 7) is 0. The van der Waals surface area contributed by atoms with Crippen LogP contribution in [-0.4, -0.2) is 19.9 Å². The van der Waals surface area contributed by atoms with Gasteiger partial charge in [-0.05, 0) is 36.5 Å². The van der Waals surface area contributed by atoms with Gasteiger partial charge < -0.3 is 0 Å². The van der Waals surface area contributed by atoms with Gasteiger partial charge in [0, 0.05) is 0 Å². The highest BCUT2D eigenvalue weighted by molar-refractivity contribution is 7.91. The van der Waals surface area contributed by atoms with Crippen molar-refractivity contribution in [3.8, 4) is 0 Å². The molecule has 72 valence electrons. The molecule has 2 fully saturated rings. The lowest BCUT2D eigenvalue weighted by atomic mass is 9.64. The van der Waals surface area contributed by atoms with Crippen LogP contribution in [0.2, 0.25) is 0 Å². The van der Waals surface area contributed by atoms with Crippen LogP contribution in [0.3, 0.4) is 0 Å². The van der Waals surface area contributed by atoms with Gasteiger partial charge in [0.15, 0.2) is 9.84 Å². The van der Waals surface area contributed by atoms with E-state index in [9.17, 15) is 8.42 Å². The molecule has 2 nitrogen and oxygen atoms in total. The summed E-state index contributed by atoms with van der Waals surface area (Å²) in [6, 6.07) is 0. The third-order valence-corrected chi connectivity index (χ3v) is 5.77. The molecule has 3 aliphatic carbocycles. The highest BCUT2D eigenvalue weighted by atomic mass is 32.2. The van der Waals surface area contributed by atoms with Gasteiger partial charge in [-0.3, -0.25) is 0 Å². The molecule has 1 saturated carbocycles. The molecule has 0 amide bonds. The van der Waals surface area contributed by atoms with E-state index in [0.717, 1.165) is 0 Å². The van der Waals surface area contributed by atoms with Gasteiger partial charge in [-0.15, -0.1) is 0 Å². The van der Waals surface area contributed by atoms with Gasteiger partial charge in [-0.2, -0.15) is 0 Å². The van der Waals surface area contributed by atoms with E-state index in [1.54, 1.807) is 0 Å². The van der Waals surface area contributed by atoms with Crippen molar-refractivity contribution in [2.24, 2.45) is 23.7 Å². The van der Waals surface area contributed by atoms with Crippen molar-refractivity contribution in [2.75, 3.05) is 11.5 Å². The second-order valence-corrected chi connectivity index (χ2v) is 6.85. The van der Waals surface area contributed by atoms with Gasteiger partial charge in [0.05, 0.1) is 11.5 Å². The van der Waals surface area contributed by atoms with E-state index in [0.29, 0.717) is 35.2 Å². The summed E-state index contributed by atoms with van der Waals surface area (Å²) in [4.78, 5) is 0. The SMILES string of the molecule is O=S1(=O)CC2C3C=CC(CC3)C2C1. The highest BCUT2D eigenvalue weighted by Gasteiger charge is 2.48. The molecule has 0 radical (unpaired) electrons. The molecule has 0 aromatic carbocycles. The molecule has 4 rings (SSSR count). The summed E-state index contributed by atoms with van der Waals surface area (Å²) in [5.41, 5.74) is 0. The van der Waals surface area contributed by atoms with Crippen molar-refractivity contribution in [1.82, 2.24) is 0 Å². The molecule has 0 spiro atoms. The number of hydrogen-bond acceptors (Lipinski definition) is 2. The molecule has 0 aromatic heterocycles. The summed E-state index contributed by atoms with van der Waals surface area (Å²) in [5, 5.41) is 0. The maximum absolute atomic E-state index is 11.5. The largest absolute Gasteiger partial charge is 0.229 e. The standard InChI is InChI=1S/C10H14O2S/c11-13(12)5-9-7-1-2-8(4-3-7)10(9)6-13/h1-2,7-10H,3-6H2. The summed E-state index contributed by atoms with van der Waals surface area (Å²) in [7, 11) is -2.69. The minimum absolute atomic E-state index is 0.461. The van der Waals surface area contributed by atoms with Crippen LogP contribution in [0.15, 0.2) is 12.2 Å². The predicted octanol–water partition coefficient (Wildman–Crippen LogP) is 1.24. The zero-order valence-electron chi connectivity index (χ0n) is 7.52. The van der Waals surface area contributed by atoms with Crippen LogP contribution >= 0.6 is 0 Å². The van der Waals surface area contributed by atoms with Crippen LogP contribution in [-0.2, 0) is 9.84 Å². The summed E-state index contributed by atoms with van der Waals surface area (Å²) >= 11 is 0. The first-order valence-corrected chi connectivity index (χ1v) is 6.87. The second kappa shape index (κ2) is 2.38. The number of fused-ring (bicyclic) bond motifs is 1. The maximum Gasteiger partial charge on any atom is 0.150 e. The van der Waals surface area contributed by atoms with Gasteiger partial charge >= 0.3 is 0 Å². The quantitative estimate of drug-likeness (QED) is 0.549. The average Bonchev–Trinajstić information content (AvgIpc) is 2.43. The van der Waals surface area contributed by atoms with Crippen molar-refractivity contribution in [3.05, 3.63) is 12.2 Å². The van der Waals surface area contributed by atoms with Crippen molar-refractivity contribution < 1.29 is 8.42 Å². The van der Waals surface area contributed by atoms with Gasteiger partial charge in [0.1, 0.15) is 0 Å². The molecule has 4 atom stereocenters. The van der Waals surface area contributed by atoms with Crippen LogP contribution in [0.5, 0.6) is 0 Å². The molecule has 0 N–H and O–H groups in total. The summed E-state index contributed by atoms with van der Waals surface area (Å²) < 4.78 is 23.0. The highest BCUT2D eigenvalue weighted by Crippen LogP contribution is 2.48. The second-order valence-electron chi connectivity index (χ2n) is 4.69. The first-order chi connectivity index (χ1) is 6.16. The van der Waals surface area contributed by atoms with E-state index >= 15 is 0 Å². The third kappa shape index (κ3) is 1.09. The Bertz CT molecular complexity index is 327. The zero-order chi connectivity index (χ0) is 9.05. The lowest BCUT2D eigenvalue weighted by Crippen LogP contribution is -2.35. The van der Waals surface area contributed by atoms with Gasteiger partial charge in [-0.1, -0.05) is 12.2 Å². The minimum atomic E-state index is -2.69. The average molecular weight is 198 g/mol. The van der Waals surface area contributed by atoms with E-state index in [2.05, 4.69) is 12.2 Å². The Kier molecular flexibility index (Phi) is 1.47. The molecule has 4 unspecified atom stereocenters. The first-order valence-electron chi connectivity index (χ1n) is 5.04. The Morgan fingerprint density at radius 1 is 0.923 bits per heavy atom. The molecule has 2 bridgehead atoms. The Morgan fingerprint density at radius 3 is 1.77 bits per heavy atom. The molecule has 3 heteroatoms. The van der Waals surface area contributed by atoms with Crippen molar-refractivity contribution in [3.63, 3.8) is 0 Å². The van der Waals surface area contributed by atoms with Crippen LogP contribution < -0.4 is 0 Å². The van der Waals surface area contributed by atoms with Crippen molar-refractivity contribution in [1.29, 1.82) is 0 Å². The van der Waals surface area contributed by atoms with Gasteiger partial charge in [0.2, 0.25) is 0 Å². The fourth-order valence-corrected chi connectivity index (χ4v) is 5.66. The lowest BCUT2D eigenvalue weighted by Gasteiger charge is -2.40. The van der Waals surface area contributed by atoms with E-state index in [1.807, 2.05) is 0 Å². The van der Waals surface area contributed by atoms with Crippen LogP contribution in [0.4, 0.5) is 0 Å². The fourth-order valence-electron chi connectivity index (χ4n) is 3.36. The van der Waals surface area contributed by atoms with Gasteiger partial charge in [0.25, 0.3) is 0 Å². The molecule has 1 heterocycles. The van der Waals surface area contributed by atoms with E-state index < -0.39 is 9.84 Å². The topological polar surface area (TPSA) is 34.1 Å². The number of allylic oxidation sites excluding steroid dienone is 2. The van der Waals surface area contributed by atoms with Crippen LogP contribution in [0.25, 0.3) is 0 Å².